The molecule has 0 radical (unpaired) electrons. The summed E-state index contributed by atoms with van der Waals surface area (Å²) in [4.78, 5) is 6.08. The van der Waals surface area contributed by atoms with Crippen molar-refractivity contribution < 1.29 is 8.78 Å². The van der Waals surface area contributed by atoms with Crippen LogP contribution in [0.3, 0.4) is 0 Å². The Morgan fingerprint density at radius 1 is 1.32 bits per heavy atom. The van der Waals surface area contributed by atoms with Gasteiger partial charge in [-0.25, -0.2) is 13.8 Å². The van der Waals surface area contributed by atoms with E-state index < -0.39 is 11.6 Å². The number of piperidine rings is 1. The van der Waals surface area contributed by atoms with Crippen molar-refractivity contribution >= 4 is 11.6 Å². The zero-order chi connectivity index (χ0) is 14.0. The van der Waals surface area contributed by atoms with Crippen molar-refractivity contribution in [2.24, 2.45) is 5.92 Å². The van der Waals surface area contributed by atoms with Crippen LogP contribution in [0.15, 0.2) is 6.07 Å². The Balaban J connectivity index is 2.34. The molecule has 0 aliphatic carbocycles. The zero-order valence-electron chi connectivity index (χ0n) is 11.7. The van der Waals surface area contributed by atoms with Gasteiger partial charge in [0.1, 0.15) is 0 Å². The first-order valence-corrected chi connectivity index (χ1v) is 6.89. The monoisotopic (exact) mass is 269 g/mol. The van der Waals surface area contributed by atoms with Crippen LogP contribution in [0.5, 0.6) is 0 Å². The van der Waals surface area contributed by atoms with Gasteiger partial charge in [0.05, 0.1) is 0 Å². The van der Waals surface area contributed by atoms with Gasteiger partial charge < -0.3 is 10.2 Å². The van der Waals surface area contributed by atoms with E-state index in [0.29, 0.717) is 12.5 Å². The van der Waals surface area contributed by atoms with Gasteiger partial charge in [0, 0.05) is 25.2 Å². The van der Waals surface area contributed by atoms with Crippen molar-refractivity contribution in [1.29, 1.82) is 0 Å². The van der Waals surface area contributed by atoms with Gasteiger partial charge in [-0.1, -0.05) is 6.92 Å². The SMILES string of the molecule is CCNc1nc(N2CC(C)CCC2C)c(F)cc1F. The highest BCUT2D eigenvalue weighted by atomic mass is 19.1. The molecule has 1 fully saturated rings. The quantitative estimate of drug-likeness (QED) is 0.911. The lowest BCUT2D eigenvalue weighted by Crippen LogP contribution is -2.42. The number of pyridine rings is 1. The fraction of sp³-hybridized carbons (Fsp3) is 0.643. The van der Waals surface area contributed by atoms with Crippen molar-refractivity contribution in [3.05, 3.63) is 17.7 Å². The number of nitrogens with zero attached hydrogens (tertiary/aromatic N) is 2. The van der Waals surface area contributed by atoms with E-state index in [2.05, 4.69) is 24.1 Å². The molecule has 3 nitrogen and oxygen atoms in total. The second-order valence-corrected chi connectivity index (χ2v) is 5.34. The van der Waals surface area contributed by atoms with Crippen LogP contribution >= 0.6 is 0 Å². The van der Waals surface area contributed by atoms with Crippen LogP contribution in [0.4, 0.5) is 20.4 Å². The topological polar surface area (TPSA) is 28.2 Å². The summed E-state index contributed by atoms with van der Waals surface area (Å²) in [6.07, 6.45) is 2.15. The summed E-state index contributed by atoms with van der Waals surface area (Å²) in [5.41, 5.74) is 0. The van der Waals surface area contributed by atoms with Crippen LogP contribution < -0.4 is 10.2 Å². The Morgan fingerprint density at radius 3 is 2.74 bits per heavy atom. The summed E-state index contributed by atoms with van der Waals surface area (Å²) in [5.74, 6) is -0.327. The molecule has 2 rings (SSSR count). The second-order valence-electron chi connectivity index (χ2n) is 5.34. The summed E-state index contributed by atoms with van der Waals surface area (Å²) in [6.45, 7) is 7.38. The number of hydrogen-bond donors (Lipinski definition) is 1. The van der Waals surface area contributed by atoms with E-state index in [4.69, 9.17) is 0 Å². The first-order valence-electron chi connectivity index (χ1n) is 6.89. The van der Waals surface area contributed by atoms with Crippen LogP contribution in [0.2, 0.25) is 0 Å². The highest BCUT2D eigenvalue weighted by Gasteiger charge is 2.27. The third kappa shape index (κ3) is 2.96. The van der Waals surface area contributed by atoms with Crippen molar-refractivity contribution in [1.82, 2.24) is 4.98 Å². The molecule has 0 saturated carbocycles. The van der Waals surface area contributed by atoms with Crippen molar-refractivity contribution in [2.75, 3.05) is 23.3 Å². The Hall–Kier alpha value is -1.39. The Labute approximate surface area is 113 Å². The van der Waals surface area contributed by atoms with Crippen molar-refractivity contribution in [2.45, 2.75) is 39.7 Å². The van der Waals surface area contributed by atoms with Crippen LogP contribution in [0, 0.1) is 17.6 Å². The summed E-state index contributed by atoms with van der Waals surface area (Å²) < 4.78 is 27.6. The molecule has 0 bridgehead atoms. The fourth-order valence-corrected chi connectivity index (χ4v) is 2.53. The van der Waals surface area contributed by atoms with Gasteiger partial charge in [-0.3, -0.25) is 0 Å². The van der Waals surface area contributed by atoms with Gasteiger partial charge in [-0.2, -0.15) is 0 Å². The highest BCUT2D eigenvalue weighted by Crippen LogP contribution is 2.29. The molecule has 2 atom stereocenters. The van der Waals surface area contributed by atoms with Gasteiger partial charge in [0.15, 0.2) is 23.3 Å². The average molecular weight is 269 g/mol. The number of hydrogen-bond acceptors (Lipinski definition) is 3. The smallest absolute Gasteiger partial charge is 0.168 e. The second kappa shape index (κ2) is 5.72. The van der Waals surface area contributed by atoms with E-state index in [9.17, 15) is 8.78 Å². The largest absolute Gasteiger partial charge is 0.368 e. The molecule has 0 spiro atoms. The molecule has 1 aromatic heterocycles. The Bertz CT molecular complexity index is 451. The lowest BCUT2D eigenvalue weighted by molar-refractivity contribution is 0.383. The maximum absolute atomic E-state index is 14.0. The molecule has 0 aromatic carbocycles. The molecule has 1 N–H and O–H groups in total. The molecule has 1 aromatic rings. The van der Waals surface area contributed by atoms with Gasteiger partial charge >= 0.3 is 0 Å². The standard InChI is InChI=1S/C14H21F2N3/c1-4-17-13-11(15)7-12(16)14(18-13)19-8-9(2)5-6-10(19)3/h7,9-10H,4-6,8H2,1-3H3,(H,17,18). The van der Waals surface area contributed by atoms with Crippen molar-refractivity contribution in [3.8, 4) is 0 Å². The summed E-state index contributed by atoms with van der Waals surface area (Å²) in [5, 5.41) is 2.83. The third-order valence-corrected chi connectivity index (χ3v) is 3.64. The average Bonchev–Trinajstić information content (AvgIpc) is 2.36. The number of rotatable bonds is 3. The lowest BCUT2D eigenvalue weighted by Gasteiger charge is -2.37. The third-order valence-electron chi connectivity index (χ3n) is 3.64. The summed E-state index contributed by atoms with van der Waals surface area (Å²) >= 11 is 0. The normalized spacial score (nSPS) is 23.5. The van der Waals surface area contributed by atoms with E-state index in [-0.39, 0.29) is 17.7 Å². The van der Waals surface area contributed by atoms with Crippen LogP contribution in [-0.4, -0.2) is 24.1 Å². The molecule has 1 saturated heterocycles. The molecule has 0 amide bonds. The Kier molecular flexibility index (Phi) is 4.22. The fourth-order valence-electron chi connectivity index (χ4n) is 2.53. The first-order chi connectivity index (χ1) is 9.02. The molecule has 5 heteroatoms. The van der Waals surface area contributed by atoms with Gasteiger partial charge in [-0.15, -0.1) is 0 Å². The van der Waals surface area contributed by atoms with Gasteiger partial charge in [0.25, 0.3) is 0 Å². The van der Waals surface area contributed by atoms with E-state index >= 15 is 0 Å². The maximum Gasteiger partial charge on any atom is 0.168 e. The number of anilines is 2. The van der Waals surface area contributed by atoms with Crippen LogP contribution in [0.25, 0.3) is 0 Å². The molecule has 2 unspecified atom stereocenters. The minimum atomic E-state index is -0.638. The predicted octanol–water partition coefficient (Wildman–Crippen LogP) is 3.42. The Morgan fingerprint density at radius 2 is 2.05 bits per heavy atom. The van der Waals surface area contributed by atoms with Crippen molar-refractivity contribution in [3.63, 3.8) is 0 Å². The maximum atomic E-state index is 14.0. The zero-order valence-corrected chi connectivity index (χ0v) is 11.7. The molecular formula is C14H21F2N3. The minimum Gasteiger partial charge on any atom is -0.368 e. The molecule has 1 aliphatic heterocycles. The summed E-state index contributed by atoms with van der Waals surface area (Å²) in [6, 6.07) is 1.16. The van der Waals surface area contributed by atoms with Crippen LogP contribution in [0.1, 0.15) is 33.6 Å². The molecular weight excluding hydrogens is 248 g/mol. The predicted molar refractivity (Wildman–Crippen MR) is 73.5 cm³/mol. The van der Waals surface area contributed by atoms with E-state index in [1.807, 2.05) is 11.8 Å². The van der Waals surface area contributed by atoms with Crippen LogP contribution in [-0.2, 0) is 0 Å². The molecule has 106 valence electrons. The van der Waals surface area contributed by atoms with E-state index in [1.54, 1.807) is 0 Å². The first kappa shape index (κ1) is 14.0. The highest BCUT2D eigenvalue weighted by molar-refractivity contribution is 5.50. The van der Waals surface area contributed by atoms with Gasteiger partial charge in [-0.05, 0) is 32.6 Å². The van der Waals surface area contributed by atoms with E-state index in [1.165, 1.54) is 0 Å². The molecule has 19 heavy (non-hydrogen) atoms. The lowest BCUT2D eigenvalue weighted by atomic mass is 9.95. The van der Waals surface area contributed by atoms with E-state index in [0.717, 1.165) is 25.5 Å². The summed E-state index contributed by atoms with van der Waals surface area (Å²) in [7, 11) is 0. The molecule has 2 heterocycles. The minimum absolute atomic E-state index is 0.129. The number of nitrogens with one attached hydrogen (secondary N) is 1. The number of aromatic nitrogens is 1. The van der Waals surface area contributed by atoms with Gasteiger partial charge in [0.2, 0.25) is 0 Å². The number of halogens is 2. The molecule has 1 aliphatic rings.